The molecule has 0 aromatic carbocycles. The largest absolute Gasteiger partial charge is 0.481 e. The predicted octanol–water partition coefficient (Wildman–Crippen LogP) is 3.30. The molecule has 0 aromatic heterocycles. The normalized spacial score (nSPS) is 25.8. The maximum atomic E-state index is 12.9. The number of hydrogen-bond donors (Lipinski definition) is 1. The van der Waals surface area contributed by atoms with Crippen molar-refractivity contribution in [2.24, 2.45) is 11.8 Å². The summed E-state index contributed by atoms with van der Waals surface area (Å²) >= 11 is 0. The Hall–Kier alpha value is -1.06. The number of rotatable bonds is 6. The number of carbonyl (C=O) groups is 2. The zero-order chi connectivity index (χ0) is 15.3. The van der Waals surface area contributed by atoms with Crippen molar-refractivity contribution in [3.63, 3.8) is 0 Å². The van der Waals surface area contributed by atoms with Gasteiger partial charge in [-0.05, 0) is 39.5 Å². The van der Waals surface area contributed by atoms with Crippen molar-refractivity contribution in [2.75, 3.05) is 0 Å². The Morgan fingerprint density at radius 3 is 1.90 bits per heavy atom. The van der Waals surface area contributed by atoms with Crippen LogP contribution in [0.2, 0.25) is 0 Å². The van der Waals surface area contributed by atoms with Crippen LogP contribution in [0.15, 0.2) is 0 Å². The molecule has 4 heteroatoms. The van der Waals surface area contributed by atoms with Crippen molar-refractivity contribution in [1.29, 1.82) is 0 Å². The molecule has 0 radical (unpaired) electrons. The van der Waals surface area contributed by atoms with Crippen LogP contribution in [0, 0.1) is 11.8 Å². The lowest BCUT2D eigenvalue weighted by atomic mass is 9.78. The van der Waals surface area contributed by atoms with Gasteiger partial charge in [0.25, 0.3) is 0 Å². The average Bonchev–Trinajstić information content (AvgIpc) is 2.46. The van der Waals surface area contributed by atoms with Crippen LogP contribution in [0.4, 0.5) is 0 Å². The van der Waals surface area contributed by atoms with Gasteiger partial charge in [0.1, 0.15) is 0 Å². The third kappa shape index (κ3) is 3.74. The Kier molecular flexibility index (Phi) is 6.50. The Morgan fingerprint density at radius 1 is 1.05 bits per heavy atom. The van der Waals surface area contributed by atoms with Crippen molar-refractivity contribution < 1.29 is 14.7 Å². The number of carboxylic acids is 1. The summed E-state index contributed by atoms with van der Waals surface area (Å²) in [5, 5.41) is 9.36. The fourth-order valence-electron chi connectivity index (χ4n) is 3.18. The lowest BCUT2D eigenvalue weighted by Crippen LogP contribution is -2.50. The second-order valence-corrected chi connectivity index (χ2v) is 6.10. The van der Waals surface area contributed by atoms with Gasteiger partial charge in [0.15, 0.2) is 0 Å². The van der Waals surface area contributed by atoms with Gasteiger partial charge >= 0.3 is 5.97 Å². The van der Waals surface area contributed by atoms with Crippen molar-refractivity contribution in [3.05, 3.63) is 0 Å². The van der Waals surface area contributed by atoms with Crippen LogP contribution in [-0.4, -0.2) is 34.0 Å². The van der Waals surface area contributed by atoms with Crippen molar-refractivity contribution >= 4 is 11.9 Å². The fourth-order valence-corrected chi connectivity index (χ4v) is 3.18. The van der Waals surface area contributed by atoms with E-state index in [1.165, 1.54) is 0 Å². The zero-order valence-corrected chi connectivity index (χ0v) is 13.3. The third-order valence-electron chi connectivity index (χ3n) is 4.79. The molecule has 1 fully saturated rings. The highest BCUT2D eigenvalue weighted by atomic mass is 16.4. The van der Waals surface area contributed by atoms with Crippen molar-refractivity contribution in [2.45, 2.75) is 78.3 Å². The minimum absolute atomic E-state index is 0.0563. The van der Waals surface area contributed by atoms with E-state index in [4.69, 9.17) is 0 Å². The van der Waals surface area contributed by atoms with Gasteiger partial charge in [0.05, 0.1) is 11.8 Å². The highest BCUT2D eigenvalue weighted by Gasteiger charge is 2.39. The summed E-state index contributed by atoms with van der Waals surface area (Å²) in [5.74, 6) is -1.58. The van der Waals surface area contributed by atoms with Crippen LogP contribution in [0.3, 0.4) is 0 Å². The van der Waals surface area contributed by atoms with Crippen LogP contribution in [0.1, 0.15) is 66.2 Å². The van der Waals surface area contributed by atoms with Gasteiger partial charge in [-0.2, -0.15) is 0 Å². The smallest absolute Gasteiger partial charge is 0.307 e. The molecule has 116 valence electrons. The standard InChI is InChI=1S/C16H29NO3/c1-5-11(3)17(12(4)6-2)15(18)13-9-7-8-10-14(13)16(19)20/h11-14H,5-10H2,1-4H3,(H,19,20)/t11-,12-,13+,14+/m0/s1. The van der Waals surface area contributed by atoms with E-state index >= 15 is 0 Å². The molecule has 0 bridgehead atoms. The molecule has 0 saturated heterocycles. The zero-order valence-electron chi connectivity index (χ0n) is 13.3. The SMILES string of the molecule is CC[C@H](C)N(C(=O)[C@@H]1CCCC[C@H]1C(=O)O)[C@@H](C)CC. The molecule has 0 heterocycles. The first kappa shape index (κ1) is 17.0. The molecule has 1 amide bonds. The Balaban J connectivity index is 2.94. The lowest BCUT2D eigenvalue weighted by molar-refractivity contribution is -0.154. The molecule has 1 saturated carbocycles. The first-order chi connectivity index (χ1) is 9.43. The van der Waals surface area contributed by atoms with Crippen molar-refractivity contribution in [1.82, 2.24) is 4.90 Å². The second-order valence-electron chi connectivity index (χ2n) is 6.10. The van der Waals surface area contributed by atoms with Gasteiger partial charge < -0.3 is 10.0 Å². The molecule has 1 aliphatic carbocycles. The van der Waals surface area contributed by atoms with E-state index in [2.05, 4.69) is 27.7 Å². The average molecular weight is 283 g/mol. The molecule has 1 rings (SSSR count). The summed E-state index contributed by atoms with van der Waals surface area (Å²) in [6.07, 6.45) is 5.06. The van der Waals surface area contributed by atoms with E-state index in [1.54, 1.807) is 0 Å². The first-order valence-electron chi connectivity index (χ1n) is 7.98. The maximum absolute atomic E-state index is 12.9. The van der Waals surface area contributed by atoms with Crippen LogP contribution >= 0.6 is 0 Å². The number of amides is 1. The number of aliphatic carboxylic acids is 1. The van der Waals surface area contributed by atoms with E-state index in [1.807, 2.05) is 4.90 Å². The summed E-state index contributed by atoms with van der Waals surface area (Å²) in [6.45, 7) is 8.26. The highest BCUT2D eigenvalue weighted by Crippen LogP contribution is 2.33. The summed E-state index contributed by atoms with van der Waals surface area (Å²) in [7, 11) is 0. The van der Waals surface area contributed by atoms with Crippen molar-refractivity contribution in [3.8, 4) is 0 Å². The first-order valence-corrected chi connectivity index (χ1v) is 7.98. The van der Waals surface area contributed by atoms with Gasteiger partial charge in [0, 0.05) is 12.1 Å². The second kappa shape index (κ2) is 7.65. The molecular formula is C16H29NO3. The number of nitrogens with zero attached hydrogens (tertiary/aromatic N) is 1. The molecule has 0 aromatic rings. The monoisotopic (exact) mass is 283 g/mol. The van der Waals surface area contributed by atoms with Gasteiger partial charge in [-0.1, -0.05) is 26.7 Å². The van der Waals surface area contributed by atoms with Gasteiger partial charge in [-0.15, -0.1) is 0 Å². The molecule has 0 unspecified atom stereocenters. The minimum Gasteiger partial charge on any atom is -0.481 e. The highest BCUT2D eigenvalue weighted by molar-refractivity contribution is 5.85. The van der Waals surface area contributed by atoms with Gasteiger partial charge in [-0.25, -0.2) is 0 Å². The fraction of sp³-hybridized carbons (Fsp3) is 0.875. The van der Waals surface area contributed by atoms with Crippen LogP contribution in [0.5, 0.6) is 0 Å². The number of carbonyl (C=O) groups excluding carboxylic acids is 1. The Labute approximate surface area is 122 Å². The molecule has 4 atom stereocenters. The van der Waals surface area contributed by atoms with Gasteiger partial charge in [0.2, 0.25) is 5.91 Å². The molecule has 1 aliphatic rings. The quantitative estimate of drug-likeness (QED) is 0.813. The van der Waals surface area contributed by atoms with E-state index in [9.17, 15) is 14.7 Å². The summed E-state index contributed by atoms with van der Waals surface area (Å²) in [5.41, 5.74) is 0. The Bertz CT molecular complexity index is 333. The lowest BCUT2D eigenvalue weighted by Gasteiger charge is -2.39. The number of carboxylic acid groups (broad SMARTS) is 1. The minimum atomic E-state index is -0.809. The van der Waals surface area contributed by atoms with Crippen LogP contribution in [-0.2, 0) is 9.59 Å². The summed E-state index contributed by atoms with van der Waals surface area (Å²) in [4.78, 5) is 26.2. The van der Waals surface area contributed by atoms with E-state index in [0.29, 0.717) is 6.42 Å². The number of hydrogen-bond acceptors (Lipinski definition) is 2. The van der Waals surface area contributed by atoms with Crippen LogP contribution in [0.25, 0.3) is 0 Å². The van der Waals surface area contributed by atoms with Crippen LogP contribution < -0.4 is 0 Å². The van der Waals surface area contributed by atoms with E-state index in [-0.39, 0.29) is 23.9 Å². The maximum Gasteiger partial charge on any atom is 0.307 e. The molecule has 20 heavy (non-hydrogen) atoms. The summed E-state index contributed by atoms with van der Waals surface area (Å²) in [6, 6.07) is 0.350. The Morgan fingerprint density at radius 2 is 1.50 bits per heavy atom. The third-order valence-corrected chi connectivity index (χ3v) is 4.79. The molecule has 1 N–H and O–H groups in total. The predicted molar refractivity (Wildman–Crippen MR) is 79.4 cm³/mol. The molecule has 0 spiro atoms. The summed E-state index contributed by atoms with van der Waals surface area (Å²) < 4.78 is 0. The topological polar surface area (TPSA) is 57.6 Å². The molecule has 4 nitrogen and oxygen atoms in total. The van der Waals surface area contributed by atoms with E-state index in [0.717, 1.165) is 32.1 Å². The molecular weight excluding hydrogens is 254 g/mol. The van der Waals surface area contributed by atoms with Gasteiger partial charge in [-0.3, -0.25) is 9.59 Å². The van der Waals surface area contributed by atoms with E-state index < -0.39 is 11.9 Å². The molecule has 0 aliphatic heterocycles.